The van der Waals surface area contributed by atoms with Crippen molar-refractivity contribution in [2.24, 2.45) is 0 Å². The van der Waals surface area contributed by atoms with E-state index >= 15 is 0 Å². The molecule has 0 spiro atoms. The Labute approximate surface area is 250 Å². The van der Waals surface area contributed by atoms with E-state index in [0.29, 0.717) is 5.75 Å². The molecule has 0 atom stereocenters. The number of ether oxygens (including phenoxy) is 2. The first-order valence-electron chi connectivity index (χ1n) is 13.4. The Morgan fingerprint density at radius 3 is 1.55 bits per heavy atom. The summed E-state index contributed by atoms with van der Waals surface area (Å²) in [7, 11) is -6.17. The fourth-order valence-electron chi connectivity index (χ4n) is 4.26. The van der Waals surface area contributed by atoms with Gasteiger partial charge in [0.25, 0.3) is 0 Å². The number of rotatable bonds is 9. The molecule has 0 aromatic heterocycles. The van der Waals surface area contributed by atoms with E-state index in [0.717, 1.165) is 25.8 Å². The first-order valence-corrected chi connectivity index (χ1v) is 16.1. The van der Waals surface area contributed by atoms with E-state index in [1.165, 1.54) is 11.1 Å². The van der Waals surface area contributed by atoms with E-state index in [1.54, 1.807) is 0 Å². The zero-order valence-electron chi connectivity index (χ0n) is 25.2. The molecule has 0 aliphatic carbocycles. The van der Waals surface area contributed by atoms with E-state index in [-0.39, 0.29) is 10.8 Å². The first-order chi connectivity index (χ1) is 19.2. The Morgan fingerprint density at radius 1 is 0.786 bits per heavy atom. The Morgan fingerprint density at radius 2 is 1.19 bits per heavy atom. The third kappa shape index (κ3) is 8.11. The van der Waals surface area contributed by atoms with Crippen molar-refractivity contribution in [3.63, 3.8) is 0 Å². The molecule has 0 fully saturated rings. The second kappa shape index (κ2) is 12.3. The molecular formula is C32H39F2O6S2+. The summed E-state index contributed by atoms with van der Waals surface area (Å²) in [5, 5.41) is -4.61. The molecule has 0 saturated carbocycles. The number of alkyl halides is 2. The molecule has 3 aromatic carbocycles. The maximum atomic E-state index is 13.4. The average molecular weight is 622 g/mol. The zero-order chi connectivity index (χ0) is 31.7. The molecule has 0 unspecified atom stereocenters. The highest BCUT2D eigenvalue weighted by molar-refractivity contribution is 7.97. The third-order valence-corrected chi connectivity index (χ3v) is 9.76. The van der Waals surface area contributed by atoms with Gasteiger partial charge in [0.1, 0.15) is 5.75 Å². The Bertz CT molecular complexity index is 1440. The van der Waals surface area contributed by atoms with Crippen molar-refractivity contribution in [1.82, 2.24) is 0 Å². The number of benzene rings is 3. The molecule has 3 rings (SSSR count). The lowest BCUT2D eigenvalue weighted by molar-refractivity contribution is -0.152. The van der Waals surface area contributed by atoms with Crippen molar-refractivity contribution in [1.29, 1.82) is 0 Å². The van der Waals surface area contributed by atoms with Gasteiger partial charge in [-0.05, 0) is 71.2 Å². The van der Waals surface area contributed by atoms with Gasteiger partial charge in [0, 0.05) is 12.1 Å². The third-order valence-electron chi connectivity index (χ3n) is 6.69. The fourth-order valence-corrected chi connectivity index (χ4v) is 6.69. The molecule has 1 N–H and O–H groups in total. The van der Waals surface area contributed by atoms with E-state index < -0.39 is 45.5 Å². The summed E-state index contributed by atoms with van der Waals surface area (Å²) < 4.78 is 66.7. The molecule has 6 nitrogen and oxygen atoms in total. The van der Waals surface area contributed by atoms with Gasteiger partial charge in [-0.15, -0.1) is 0 Å². The van der Waals surface area contributed by atoms with Crippen molar-refractivity contribution >= 4 is 27.0 Å². The molecule has 0 bridgehead atoms. The van der Waals surface area contributed by atoms with Crippen LogP contribution in [0.25, 0.3) is 0 Å². The van der Waals surface area contributed by atoms with Crippen molar-refractivity contribution in [3.8, 4) is 5.75 Å². The summed E-state index contributed by atoms with van der Waals surface area (Å²) in [6.07, 6.45) is 0. The van der Waals surface area contributed by atoms with Gasteiger partial charge in [0.2, 0.25) is 0 Å². The second-order valence-corrected chi connectivity index (χ2v) is 15.9. The van der Waals surface area contributed by atoms with Crippen molar-refractivity contribution in [3.05, 3.63) is 82.9 Å². The van der Waals surface area contributed by atoms with Crippen LogP contribution in [0.2, 0.25) is 0 Å². The summed E-state index contributed by atoms with van der Waals surface area (Å²) in [4.78, 5) is 15.3. The van der Waals surface area contributed by atoms with E-state index in [2.05, 4.69) is 94.8 Å². The van der Waals surface area contributed by atoms with Gasteiger partial charge in [-0.3, -0.25) is 4.55 Å². The molecule has 3 aromatic rings. The molecule has 0 aliphatic rings. The van der Waals surface area contributed by atoms with Crippen molar-refractivity contribution in [2.75, 3.05) is 13.2 Å². The lowest BCUT2D eigenvalue weighted by Gasteiger charge is -2.20. The highest BCUT2D eigenvalue weighted by Crippen LogP contribution is 2.37. The van der Waals surface area contributed by atoms with Crippen LogP contribution in [0.15, 0.2) is 75.4 Å². The lowest BCUT2D eigenvalue weighted by Crippen LogP contribution is -2.35. The Kier molecular flexibility index (Phi) is 9.86. The molecule has 0 aliphatic heterocycles. The summed E-state index contributed by atoms with van der Waals surface area (Å²) in [6.45, 7) is 14.2. The van der Waals surface area contributed by atoms with Gasteiger partial charge in [-0.2, -0.15) is 17.2 Å². The maximum Gasteiger partial charge on any atom is 0.402 e. The number of carbonyl (C=O) groups is 1. The number of carbonyl (C=O) groups excluding carboxylic acids is 1. The Balaban J connectivity index is 1.93. The normalized spacial score (nSPS) is 12.9. The molecule has 228 valence electrons. The minimum atomic E-state index is -5.71. The minimum Gasteiger partial charge on any atom is -0.481 e. The molecular weight excluding hydrogens is 582 g/mol. The van der Waals surface area contributed by atoms with Gasteiger partial charge < -0.3 is 9.47 Å². The van der Waals surface area contributed by atoms with Gasteiger partial charge >= 0.3 is 21.3 Å². The summed E-state index contributed by atoms with van der Waals surface area (Å²) >= 11 is 0. The quantitative estimate of drug-likeness (QED) is 0.152. The van der Waals surface area contributed by atoms with Gasteiger partial charge in [0.05, 0.1) is 10.9 Å². The number of hydrogen-bond donors (Lipinski definition) is 1. The smallest absolute Gasteiger partial charge is 0.402 e. The van der Waals surface area contributed by atoms with Crippen molar-refractivity contribution < 1.29 is 36.0 Å². The highest BCUT2D eigenvalue weighted by atomic mass is 32.2. The molecule has 10 heteroatoms. The Hall–Kier alpha value is -2.95. The van der Waals surface area contributed by atoms with Gasteiger partial charge in [-0.25, -0.2) is 4.79 Å². The fraction of sp³-hybridized carbons (Fsp3) is 0.406. The monoisotopic (exact) mass is 621 g/mol. The van der Waals surface area contributed by atoms with Gasteiger partial charge in [-0.1, -0.05) is 65.8 Å². The zero-order valence-corrected chi connectivity index (χ0v) is 26.9. The van der Waals surface area contributed by atoms with Crippen LogP contribution in [0, 0.1) is 13.8 Å². The van der Waals surface area contributed by atoms with Crippen LogP contribution in [0.5, 0.6) is 5.75 Å². The molecule has 0 radical (unpaired) electrons. The summed E-state index contributed by atoms with van der Waals surface area (Å²) in [5.41, 5.74) is 3.96. The summed E-state index contributed by atoms with van der Waals surface area (Å²) in [5.74, 6) is -0.800. The second-order valence-electron chi connectivity index (χ2n) is 12.3. The highest BCUT2D eigenvalue weighted by Gasteiger charge is 2.45. The van der Waals surface area contributed by atoms with Crippen LogP contribution >= 0.6 is 0 Å². The van der Waals surface area contributed by atoms with Crippen LogP contribution in [-0.2, 0) is 41.4 Å². The molecule has 0 amide bonds. The van der Waals surface area contributed by atoms with Crippen LogP contribution < -0.4 is 4.74 Å². The van der Waals surface area contributed by atoms with E-state index in [4.69, 9.17) is 9.29 Å². The largest absolute Gasteiger partial charge is 0.481 e. The van der Waals surface area contributed by atoms with Crippen LogP contribution in [0.4, 0.5) is 8.78 Å². The predicted octanol–water partition coefficient (Wildman–Crippen LogP) is 7.40. The van der Waals surface area contributed by atoms with Crippen LogP contribution in [0.1, 0.15) is 63.8 Å². The number of aryl methyl sites for hydroxylation is 2. The first kappa shape index (κ1) is 33.6. The van der Waals surface area contributed by atoms with Crippen LogP contribution in [0.3, 0.4) is 0 Å². The van der Waals surface area contributed by atoms with Crippen LogP contribution in [-0.4, -0.2) is 37.4 Å². The number of halogens is 2. The standard InChI is InChI=1S/C32H38F2O6S2/c1-21-17-27(18-22(2)29(21)39-19-28(35)40-20-32(33,34)42(36,37)38)41(25-13-9-23(10-14-25)30(3,4)5)26-15-11-24(12-16-26)31(6,7)8/h9-18H,19-20H2,1-8H3/p+1. The molecule has 42 heavy (non-hydrogen) atoms. The number of esters is 1. The van der Waals surface area contributed by atoms with Crippen molar-refractivity contribution in [2.45, 2.75) is 86.2 Å². The SMILES string of the molecule is Cc1cc([S+](c2ccc(C(C)(C)C)cc2)c2ccc(C(C)(C)C)cc2)cc(C)c1OCC(=O)OCC(F)(F)S(=O)(=O)O. The predicted molar refractivity (Wildman–Crippen MR) is 161 cm³/mol. The topological polar surface area (TPSA) is 89.9 Å². The van der Waals surface area contributed by atoms with Gasteiger partial charge in [0.15, 0.2) is 27.9 Å². The maximum absolute atomic E-state index is 13.4. The average Bonchev–Trinajstić information content (AvgIpc) is 2.86. The molecule has 0 saturated heterocycles. The lowest BCUT2D eigenvalue weighted by atomic mass is 9.87. The molecule has 0 heterocycles. The number of hydrogen-bond acceptors (Lipinski definition) is 5. The van der Waals surface area contributed by atoms with E-state index in [9.17, 15) is 22.0 Å². The minimum absolute atomic E-state index is 0.0149. The van der Waals surface area contributed by atoms with E-state index in [1.807, 2.05) is 26.0 Å². The summed E-state index contributed by atoms with van der Waals surface area (Å²) in [6, 6.07) is 21.3.